The summed E-state index contributed by atoms with van der Waals surface area (Å²) >= 11 is 0. The number of carbonyl (C=O) groups excluding carboxylic acids is 1. The van der Waals surface area contributed by atoms with Gasteiger partial charge >= 0.3 is 0 Å². The smallest absolute Gasteiger partial charge is 0.221 e. The molecule has 1 saturated heterocycles. The number of hydrogen-bond donors (Lipinski definition) is 2. The number of carbonyl (C=O) groups is 1. The van der Waals surface area contributed by atoms with Crippen molar-refractivity contribution in [2.45, 2.75) is 38.6 Å². The Morgan fingerprint density at radius 3 is 2.67 bits per heavy atom. The third-order valence-electron chi connectivity index (χ3n) is 3.00. The molecule has 1 amide bonds. The Hall–Kier alpha value is -0.610. The fraction of sp³-hybridized carbons (Fsp3) is 0.909. The number of nitrogens with one attached hydrogen (secondary N) is 1. The average Bonchev–Trinajstić information content (AvgIpc) is 2.75. The molecule has 1 heterocycles. The zero-order valence-electron chi connectivity index (χ0n) is 9.67. The Morgan fingerprint density at radius 1 is 1.47 bits per heavy atom. The van der Waals surface area contributed by atoms with Gasteiger partial charge in [0.2, 0.25) is 5.91 Å². The second-order valence-corrected chi connectivity index (χ2v) is 4.21. The van der Waals surface area contributed by atoms with Gasteiger partial charge in [-0.05, 0) is 32.4 Å². The van der Waals surface area contributed by atoms with Crippen molar-refractivity contribution in [3.63, 3.8) is 0 Å². The molecule has 1 rings (SSSR count). The third kappa shape index (κ3) is 4.62. The lowest BCUT2D eigenvalue weighted by atomic mass is 10.2. The molecule has 1 aliphatic rings. The monoisotopic (exact) mass is 213 g/mol. The van der Waals surface area contributed by atoms with Crippen LogP contribution in [0.25, 0.3) is 0 Å². The van der Waals surface area contributed by atoms with E-state index in [4.69, 9.17) is 5.73 Å². The number of rotatable bonds is 6. The normalized spacial score (nSPS) is 19.1. The molecule has 1 unspecified atom stereocenters. The van der Waals surface area contributed by atoms with Crippen molar-refractivity contribution in [1.29, 1.82) is 0 Å². The molecule has 0 bridgehead atoms. The van der Waals surface area contributed by atoms with E-state index in [-0.39, 0.29) is 11.9 Å². The highest BCUT2D eigenvalue weighted by Gasteiger charge is 2.14. The van der Waals surface area contributed by atoms with Gasteiger partial charge in [0.05, 0.1) is 0 Å². The molecule has 1 fully saturated rings. The molecule has 15 heavy (non-hydrogen) atoms. The maximum atomic E-state index is 11.5. The Kier molecular flexibility index (Phi) is 5.65. The molecule has 0 aromatic rings. The van der Waals surface area contributed by atoms with Gasteiger partial charge in [0.1, 0.15) is 0 Å². The summed E-state index contributed by atoms with van der Waals surface area (Å²) in [6.07, 6.45) is 4.08. The highest BCUT2D eigenvalue weighted by molar-refractivity contribution is 5.76. The first-order valence-corrected chi connectivity index (χ1v) is 5.98. The molecule has 88 valence electrons. The van der Waals surface area contributed by atoms with Gasteiger partial charge in [-0.15, -0.1) is 0 Å². The summed E-state index contributed by atoms with van der Waals surface area (Å²) in [6, 6.07) is 0.149. The molecule has 4 heteroatoms. The Labute approximate surface area is 92.2 Å². The second kappa shape index (κ2) is 6.80. The summed E-state index contributed by atoms with van der Waals surface area (Å²) in [6.45, 7) is 5.78. The summed E-state index contributed by atoms with van der Waals surface area (Å²) in [7, 11) is 0. The number of likely N-dealkylation sites (tertiary alicyclic amines) is 1. The van der Waals surface area contributed by atoms with Crippen LogP contribution in [0.4, 0.5) is 0 Å². The first-order chi connectivity index (χ1) is 7.26. The van der Waals surface area contributed by atoms with Crippen LogP contribution >= 0.6 is 0 Å². The molecular weight excluding hydrogens is 190 g/mol. The van der Waals surface area contributed by atoms with Crippen LogP contribution in [-0.2, 0) is 4.79 Å². The van der Waals surface area contributed by atoms with Gasteiger partial charge in [-0.2, -0.15) is 0 Å². The van der Waals surface area contributed by atoms with Crippen LogP contribution in [0.1, 0.15) is 32.6 Å². The van der Waals surface area contributed by atoms with Crippen molar-refractivity contribution in [3.8, 4) is 0 Å². The Morgan fingerprint density at radius 2 is 2.13 bits per heavy atom. The van der Waals surface area contributed by atoms with Crippen LogP contribution < -0.4 is 11.1 Å². The lowest BCUT2D eigenvalue weighted by Crippen LogP contribution is -2.40. The fourth-order valence-corrected chi connectivity index (χ4v) is 1.89. The fourth-order valence-electron chi connectivity index (χ4n) is 1.89. The van der Waals surface area contributed by atoms with E-state index in [2.05, 4.69) is 10.2 Å². The number of hydrogen-bond acceptors (Lipinski definition) is 3. The molecule has 3 N–H and O–H groups in total. The van der Waals surface area contributed by atoms with E-state index in [1.807, 2.05) is 6.92 Å². The van der Waals surface area contributed by atoms with Crippen LogP contribution in [0.3, 0.4) is 0 Å². The summed E-state index contributed by atoms with van der Waals surface area (Å²) in [4.78, 5) is 13.9. The standard InChI is InChI=1S/C11H23N3O/c1-2-10(9-12)13-11(15)5-8-14-6-3-4-7-14/h10H,2-9,12H2,1H3,(H,13,15). The van der Waals surface area contributed by atoms with E-state index in [0.29, 0.717) is 13.0 Å². The van der Waals surface area contributed by atoms with E-state index >= 15 is 0 Å². The Balaban J connectivity index is 2.11. The quantitative estimate of drug-likeness (QED) is 0.668. The van der Waals surface area contributed by atoms with E-state index in [1.165, 1.54) is 12.8 Å². The summed E-state index contributed by atoms with van der Waals surface area (Å²) in [5, 5.41) is 2.95. The molecular formula is C11H23N3O. The minimum absolute atomic E-state index is 0.138. The first-order valence-electron chi connectivity index (χ1n) is 5.98. The van der Waals surface area contributed by atoms with E-state index in [9.17, 15) is 4.79 Å². The topological polar surface area (TPSA) is 58.4 Å². The predicted molar refractivity (Wildman–Crippen MR) is 61.6 cm³/mol. The number of nitrogens with two attached hydrogens (primary N) is 1. The van der Waals surface area contributed by atoms with Crippen LogP contribution in [0.15, 0.2) is 0 Å². The SMILES string of the molecule is CCC(CN)NC(=O)CCN1CCCC1. The van der Waals surface area contributed by atoms with Crippen LogP contribution in [0.5, 0.6) is 0 Å². The van der Waals surface area contributed by atoms with Gasteiger partial charge in [0.15, 0.2) is 0 Å². The van der Waals surface area contributed by atoms with Gasteiger partial charge < -0.3 is 16.0 Å². The minimum atomic E-state index is 0.138. The molecule has 4 nitrogen and oxygen atoms in total. The Bertz CT molecular complexity index is 186. The molecule has 0 spiro atoms. The summed E-state index contributed by atoms with van der Waals surface area (Å²) < 4.78 is 0. The molecule has 0 aromatic carbocycles. The molecule has 0 saturated carbocycles. The van der Waals surface area contributed by atoms with Crippen LogP contribution in [0.2, 0.25) is 0 Å². The van der Waals surface area contributed by atoms with E-state index in [0.717, 1.165) is 26.1 Å². The maximum Gasteiger partial charge on any atom is 0.221 e. The number of amides is 1. The lowest BCUT2D eigenvalue weighted by molar-refractivity contribution is -0.122. The van der Waals surface area contributed by atoms with Crippen molar-refractivity contribution in [2.75, 3.05) is 26.2 Å². The molecule has 1 atom stereocenters. The van der Waals surface area contributed by atoms with E-state index < -0.39 is 0 Å². The highest BCUT2D eigenvalue weighted by atomic mass is 16.1. The van der Waals surface area contributed by atoms with Crippen molar-refractivity contribution >= 4 is 5.91 Å². The highest BCUT2D eigenvalue weighted by Crippen LogP contribution is 2.07. The minimum Gasteiger partial charge on any atom is -0.352 e. The van der Waals surface area contributed by atoms with Crippen molar-refractivity contribution in [2.24, 2.45) is 5.73 Å². The van der Waals surface area contributed by atoms with Crippen LogP contribution in [-0.4, -0.2) is 43.0 Å². The zero-order valence-corrected chi connectivity index (χ0v) is 9.67. The molecule has 0 aliphatic carbocycles. The van der Waals surface area contributed by atoms with Crippen molar-refractivity contribution < 1.29 is 4.79 Å². The van der Waals surface area contributed by atoms with Crippen molar-refractivity contribution in [3.05, 3.63) is 0 Å². The van der Waals surface area contributed by atoms with Gasteiger partial charge in [-0.25, -0.2) is 0 Å². The maximum absolute atomic E-state index is 11.5. The predicted octanol–water partition coefficient (Wildman–Crippen LogP) is 0.326. The lowest BCUT2D eigenvalue weighted by Gasteiger charge is -2.17. The summed E-state index contributed by atoms with van der Waals surface area (Å²) in [5.41, 5.74) is 5.52. The van der Waals surface area contributed by atoms with Gasteiger partial charge in [0, 0.05) is 25.6 Å². The summed E-state index contributed by atoms with van der Waals surface area (Å²) in [5.74, 6) is 0.138. The number of nitrogens with zero attached hydrogens (tertiary/aromatic N) is 1. The molecule has 0 aromatic heterocycles. The molecule has 1 aliphatic heterocycles. The second-order valence-electron chi connectivity index (χ2n) is 4.21. The van der Waals surface area contributed by atoms with Crippen molar-refractivity contribution in [1.82, 2.24) is 10.2 Å². The van der Waals surface area contributed by atoms with Gasteiger partial charge in [-0.3, -0.25) is 4.79 Å². The average molecular weight is 213 g/mol. The van der Waals surface area contributed by atoms with Gasteiger partial charge in [-0.1, -0.05) is 6.92 Å². The van der Waals surface area contributed by atoms with E-state index in [1.54, 1.807) is 0 Å². The zero-order chi connectivity index (χ0) is 11.1. The first kappa shape index (κ1) is 12.5. The van der Waals surface area contributed by atoms with Crippen LogP contribution in [0, 0.1) is 0 Å². The van der Waals surface area contributed by atoms with Gasteiger partial charge in [0.25, 0.3) is 0 Å². The largest absolute Gasteiger partial charge is 0.352 e. The third-order valence-corrected chi connectivity index (χ3v) is 3.00. The molecule has 0 radical (unpaired) electrons.